The summed E-state index contributed by atoms with van der Waals surface area (Å²) in [5.74, 6) is 0.228. The van der Waals surface area contributed by atoms with Crippen LogP contribution in [-0.4, -0.2) is 36.4 Å². The number of alkyl halides is 1. The molecule has 1 aliphatic rings. The smallest absolute Gasteiger partial charge is 0.212 e. The molecule has 1 saturated carbocycles. The van der Waals surface area contributed by atoms with Crippen molar-refractivity contribution in [2.45, 2.75) is 38.6 Å². The van der Waals surface area contributed by atoms with E-state index < -0.39 is 10.0 Å². The molecule has 3 nitrogen and oxygen atoms in total. The lowest BCUT2D eigenvalue weighted by atomic mass is 9.93. The first-order chi connectivity index (χ1) is 6.61. The van der Waals surface area contributed by atoms with Crippen LogP contribution in [0.1, 0.15) is 32.6 Å². The van der Waals surface area contributed by atoms with Gasteiger partial charge in [0.25, 0.3) is 0 Å². The molecule has 0 bridgehead atoms. The van der Waals surface area contributed by atoms with Crippen LogP contribution in [0.25, 0.3) is 0 Å². The van der Waals surface area contributed by atoms with Crippen LogP contribution in [0, 0.1) is 0 Å². The van der Waals surface area contributed by atoms with Crippen LogP contribution >= 0.6 is 15.9 Å². The van der Waals surface area contributed by atoms with E-state index in [1.807, 2.05) is 0 Å². The number of rotatable bonds is 6. The normalized spacial score (nSPS) is 18.5. The molecule has 5 heteroatoms. The highest BCUT2D eigenvalue weighted by Crippen LogP contribution is 2.27. The summed E-state index contributed by atoms with van der Waals surface area (Å²) in [5.41, 5.74) is 0. The molecule has 1 aliphatic carbocycles. The molecule has 0 saturated heterocycles. The first-order valence-corrected chi connectivity index (χ1v) is 7.90. The predicted octanol–water partition coefficient (Wildman–Crippen LogP) is 1.98. The Morgan fingerprint density at radius 1 is 1.43 bits per heavy atom. The molecule has 0 radical (unpaired) electrons. The van der Waals surface area contributed by atoms with Gasteiger partial charge in [-0.1, -0.05) is 22.4 Å². The molecule has 1 rings (SSSR count). The third-order valence-corrected chi connectivity index (χ3v) is 5.20. The largest absolute Gasteiger partial charge is 0.214 e. The summed E-state index contributed by atoms with van der Waals surface area (Å²) in [6, 6.07) is 0.291. The van der Waals surface area contributed by atoms with Gasteiger partial charge in [-0.15, -0.1) is 0 Å². The summed E-state index contributed by atoms with van der Waals surface area (Å²) in [5, 5.41) is 0.870. The van der Waals surface area contributed by atoms with Gasteiger partial charge in [-0.3, -0.25) is 0 Å². The van der Waals surface area contributed by atoms with Crippen LogP contribution in [0.2, 0.25) is 0 Å². The lowest BCUT2D eigenvalue weighted by Gasteiger charge is -2.36. The standard InChI is InChI=1S/C9H18BrNO2S/c1-2-14(12,13)11(8-4-7-10)9-5-3-6-9/h9H,2-8H2,1H3. The van der Waals surface area contributed by atoms with Gasteiger partial charge in [-0.05, 0) is 26.2 Å². The van der Waals surface area contributed by atoms with Crippen LogP contribution in [0.3, 0.4) is 0 Å². The Morgan fingerprint density at radius 3 is 2.43 bits per heavy atom. The van der Waals surface area contributed by atoms with Gasteiger partial charge in [0.1, 0.15) is 0 Å². The van der Waals surface area contributed by atoms with Gasteiger partial charge < -0.3 is 0 Å². The average molecular weight is 284 g/mol. The van der Waals surface area contributed by atoms with Crippen LogP contribution < -0.4 is 0 Å². The van der Waals surface area contributed by atoms with Crippen molar-refractivity contribution in [2.24, 2.45) is 0 Å². The maximum Gasteiger partial charge on any atom is 0.214 e. The Morgan fingerprint density at radius 2 is 2.07 bits per heavy atom. The van der Waals surface area contributed by atoms with Crippen LogP contribution in [0.5, 0.6) is 0 Å². The minimum Gasteiger partial charge on any atom is -0.212 e. The van der Waals surface area contributed by atoms with E-state index >= 15 is 0 Å². The summed E-state index contributed by atoms with van der Waals surface area (Å²) >= 11 is 3.33. The van der Waals surface area contributed by atoms with Gasteiger partial charge in [0.15, 0.2) is 0 Å². The van der Waals surface area contributed by atoms with Gasteiger partial charge in [-0.2, -0.15) is 4.31 Å². The topological polar surface area (TPSA) is 37.4 Å². The molecule has 0 spiro atoms. The molecule has 0 atom stereocenters. The van der Waals surface area contributed by atoms with Gasteiger partial charge in [-0.25, -0.2) is 8.42 Å². The highest BCUT2D eigenvalue weighted by atomic mass is 79.9. The molecule has 0 aromatic rings. The zero-order valence-electron chi connectivity index (χ0n) is 8.58. The van der Waals surface area contributed by atoms with E-state index in [4.69, 9.17) is 0 Å². The van der Waals surface area contributed by atoms with E-state index in [2.05, 4.69) is 15.9 Å². The summed E-state index contributed by atoms with van der Waals surface area (Å²) in [6.45, 7) is 2.39. The molecule has 0 heterocycles. The number of nitrogens with zero attached hydrogens (tertiary/aromatic N) is 1. The summed E-state index contributed by atoms with van der Waals surface area (Å²) in [6.07, 6.45) is 4.16. The molecule has 0 unspecified atom stereocenters. The van der Waals surface area contributed by atoms with Crippen LogP contribution in [0.4, 0.5) is 0 Å². The Bertz CT molecular complexity index is 262. The SMILES string of the molecule is CCS(=O)(=O)N(CCCBr)C1CCC1. The Hall–Kier alpha value is 0.390. The van der Waals surface area contributed by atoms with E-state index in [0.717, 1.165) is 24.6 Å². The molecule has 0 aromatic carbocycles. The van der Waals surface area contributed by atoms with Crippen molar-refractivity contribution in [1.29, 1.82) is 0 Å². The molecule has 0 amide bonds. The molecule has 84 valence electrons. The maximum atomic E-state index is 11.8. The molecular formula is C9H18BrNO2S. The van der Waals surface area contributed by atoms with Crippen molar-refractivity contribution in [2.75, 3.05) is 17.6 Å². The van der Waals surface area contributed by atoms with Crippen molar-refractivity contribution in [3.8, 4) is 0 Å². The van der Waals surface area contributed by atoms with Crippen molar-refractivity contribution < 1.29 is 8.42 Å². The fraction of sp³-hybridized carbons (Fsp3) is 1.00. The summed E-state index contributed by atoms with van der Waals surface area (Å²) in [7, 11) is -2.98. The zero-order valence-corrected chi connectivity index (χ0v) is 11.0. The van der Waals surface area contributed by atoms with E-state index in [-0.39, 0.29) is 5.75 Å². The fourth-order valence-electron chi connectivity index (χ4n) is 1.60. The number of hydrogen-bond donors (Lipinski definition) is 0. The molecule has 0 N–H and O–H groups in total. The highest BCUT2D eigenvalue weighted by Gasteiger charge is 2.31. The van der Waals surface area contributed by atoms with Crippen molar-refractivity contribution >= 4 is 26.0 Å². The number of hydrogen-bond acceptors (Lipinski definition) is 2. The monoisotopic (exact) mass is 283 g/mol. The number of sulfonamides is 1. The lowest BCUT2D eigenvalue weighted by molar-refractivity contribution is 0.220. The van der Waals surface area contributed by atoms with Crippen LogP contribution in [0.15, 0.2) is 0 Å². The second-order valence-electron chi connectivity index (χ2n) is 3.64. The van der Waals surface area contributed by atoms with Gasteiger partial charge in [0, 0.05) is 17.9 Å². The molecule has 14 heavy (non-hydrogen) atoms. The summed E-state index contributed by atoms with van der Waals surface area (Å²) in [4.78, 5) is 0. The third-order valence-electron chi connectivity index (χ3n) is 2.72. The van der Waals surface area contributed by atoms with Gasteiger partial charge >= 0.3 is 0 Å². The average Bonchev–Trinajstić information content (AvgIpc) is 2.08. The third kappa shape index (κ3) is 2.94. The predicted molar refractivity (Wildman–Crippen MR) is 62.2 cm³/mol. The Labute approximate surface area is 95.0 Å². The van der Waals surface area contributed by atoms with Gasteiger partial charge in [0.2, 0.25) is 10.0 Å². The minimum absolute atomic E-state index is 0.228. The first-order valence-electron chi connectivity index (χ1n) is 5.17. The zero-order chi connectivity index (χ0) is 10.6. The van der Waals surface area contributed by atoms with E-state index in [0.29, 0.717) is 12.6 Å². The molecule has 0 aliphatic heterocycles. The Kier molecular flexibility index (Phi) is 4.87. The molecular weight excluding hydrogens is 266 g/mol. The molecule has 1 fully saturated rings. The molecule has 0 aromatic heterocycles. The minimum atomic E-state index is -2.98. The van der Waals surface area contributed by atoms with E-state index in [1.165, 1.54) is 6.42 Å². The lowest BCUT2D eigenvalue weighted by Crippen LogP contribution is -2.45. The Balaban J connectivity index is 2.60. The van der Waals surface area contributed by atoms with Crippen molar-refractivity contribution in [3.05, 3.63) is 0 Å². The quantitative estimate of drug-likeness (QED) is 0.699. The van der Waals surface area contributed by atoms with Crippen LogP contribution in [-0.2, 0) is 10.0 Å². The number of halogens is 1. The summed E-state index contributed by atoms with van der Waals surface area (Å²) < 4.78 is 25.2. The van der Waals surface area contributed by atoms with Crippen molar-refractivity contribution in [3.63, 3.8) is 0 Å². The first kappa shape index (κ1) is 12.5. The fourth-order valence-corrected chi connectivity index (χ4v) is 3.26. The van der Waals surface area contributed by atoms with Gasteiger partial charge in [0.05, 0.1) is 5.75 Å². The second-order valence-corrected chi connectivity index (χ2v) is 6.64. The highest BCUT2D eigenvalue weighted by molar-refractivity contribution is 9.09. The maximum absolute atomic E-state index is 11.8. The van der Waals surface area contributed by atoms with Crippen molar-refractivity contribution in [1.82, 2.24) is 4.31 Å². The second kappa shape index (κ2) is 5.47. The van der Waals surface area contributed by atoms with E-state index in [9.17, 15) is 8.42 Å². The van der Waals surface area contributed by atoms with E-state index in [1.54, 1.807) is 11.2 Å².